The Hall–Kier alpha value is -2.66. The number of rotatable bonds is 6. The van der Waals surface area contributed by atoms with Crippen LogP contribution in [0.5, 0.6) is 0 Å². The Morgan fingerprint density at radius 3 is 2.58 bits per heavy atom. The van der Waals surface area contributed by atoms with E-state index in [-0.39, 0.29) is 5.82 Å². The Kier molecular flexibility index (Phi) is 6.24. The number of halogens is 2. The predicted molar refractivity (Wildman–Crippen MR) is 133 cm³/mol. The Balaban J connectivity index is 1.31. The highest BCUT2D eigenvalue weighted by atomic mass is 35.5. The lowest BCUT2D eigenvalue weighted by Crippen LogP contribution is -2.35. The summed E-state index contributed by atoms with van der Waals surface area (Å²) < 4.78 is 13.4. The molecule has 3 nitrogen and oxygen atoms in total. The van der Waals surface area contributed by atoms with Crippen molar-refractivity contribution in [2.24, 2.45) is 0 Å². The summed E-state index contributed by atoms with van der Waals surface area (Å²) in [6.45, 7) is 2.81. The van der Waals surface area contributed by atoms with Crippen LogP contribution in [0.4, 0.5) is 4.39 Å². The van der Waals surface area contributed by atoms with Gasteiger partial charge in [-0.2, -0.15) is 0 Å². The number of hydrogen-bond acceptors (Lipinski definition) is 2. The molecule has 0 fully saturated rings. The fraction of sp³-hybridized carbons (Fsp3) is 0.286. The van der Waals surface area contributed by atoms with Crippen LogP contribution >= 0.6 is 11.6 Å². The van der Waals surface area contributed by atoms with Crippen LogP contribution in [-0.2, 0) is 13.0 Å². The molecular weight excluding hydrogens is 435 g/mol. The second kappa shape index (κ2) is 9.30. The van der Waals surface area contributed by atoms with Crippen LogP contribution in [-0.4, -0.2) is 16.1 Å². The van der Waals surface area contributed by atoms with Crippen LogP contribution < -0.4 is 5.32 Å². The van der Waals surface area contributed by atoms with Crippen molar-refractivity contribution in [1.82, 2.24) is 10.3 Å². The molecule has 0 spiro atoms. The monoisotopic (exact) mass is 462 g/mol. The van der Waals surface area contributed by atoms with Crippen molar-refractivity contribution < 1.29 is 9.50 Å². The average molecular weight is 463 g/mol. The number of fused-ring (bicyclic) bond motifs is 3. The third-order valence-corrected chi connectivity index (χ3v) is 7.08. The summed E-state index contributed by atoms with van der Waals surface area (Å²) in [6.07, 6.45) is 3.17. The van der Waals surface area contributed by atoms with E-state index in [0.29, 0.717) is 11.1 Å². The molecule has 0 saturated heterocycles. The highest BCUT2D eigenvalue weighted by Crippen LogP contribution is 2.38. The molecule has 1 aromatic heterocycles. The molecule has 1 aliphatic heterocycles. The molecule has 0 bridgehead atoms. The predicted octanol–water partition coefficient (Wildman–Crippen LogP) is 6.85. The van der Waals surface area contributed by atoms with Gasteiger partial charge in [0, 0.05) is 30.1 Å². The Bertz CT molecular complexity index is 1260. The normalized spacial score (nSPS) is 16.7. The maximum atomic E-state index is 13.4. The zero-order chi connectivity index (χ0) is 22.9. The molecule has 3 aromatic carbocycles. The first kappa shape index (κ1) is 22.1. The summed E-state index contributed by atoms with van der Waals surface area (Å²) in [5, 5.41) is 16.0. The molecule has 0 amide bonds. The Morgan fingerprint density at radius 1 is 1.06 bits per heavy atom. The quantitative estimate of drug-likeness (QED) is 0.293. The van der Waals surface area contributed by atoms with Crippen molar-refractivity contribution in [3.8, 4) is 11.1 Å². The van der Waals surface area contributed by atoms with Crippen LogP contribution in [0.25, 0.3) is 22.0 Å². The third-order valence-electron chi connectivity index (χ3n) is 6.76. The minimum atomic E-state index is -0.421. The summed E-state index contributed by atoms with van der Waals surface area (Å²) >= 11 is 6.54. The lowest BCUT2D eigenvalue weighted by atomic mass is 9.93. The van der Waals surface area contributed by atoms with E-state index in [2.05, 4.69) is 17.2 Å². The van der Waals surface area contributed by atoms with Gasteiger partial charge in [0.05, 0.1) is 16.6 Å². The first-order valence-electron chi connectivity index (χ1n) is 11.6. The number of H-pyrrole nitrogens is 1. The number of benzene rings is 3. The number of nitrogens with one attached hydrogen (secondary N) is 2. The number of aromatic nitrogens is 1. The highest BCUT2D eigenvalue weighted by molar-refractivity contribution is 6.35. The van der Waals surface area contributed by atoms with Gasteiger partial charge in [-0.3, -0.25) is 0 Å². The average Bonchev–Trinajstić information content (AvgIpc) is 3.20. The van der Waals surface area contributed by atoms with Gasteiger partial charge >= 0.3 is 0 Å². The highest BCUT2D eigenvalue weighted by Gasteiger charge is 2.24. The maximum absolute atomic E-state index is 13.4. The largest absolute Gasteiger partial charge is 0.388 e. The van der Waals surface area contributed by atoms with E-state index in [0.717, 1.165) is 59.8 Å². The first-order chi connectivity index (χ1) is 16.0. The minimum Gasteiger partial charge on any atom is -0.388 e. The summed E-state index contributed by atoms with van der Waals surface area (Å²) in [7, 11) is 0. The van der Waals surface area contributed by atoms with Gasteiger partial charge in [-0.05, 0) is 66.6 Å². The zero-order valence-electron chi connectivity index (χ0n) is 18.7. The lowest BCUT2D eigenvalue weighted by Gasteiger charge is -2.25. The number of aryl methyl sites for hydroxylation is 1. The van der Waals surface area contributed by atoms with Crippen molar-refractivity contribution in [3.05, 3.63) is 93.9 Å². The SMILES string of the molecule is Cc1ccc(C(O)CCCC2Cc3[nH]c4c(Cl)ccc(-c5ccc(F)cc5)c4c3CN2)cc1. The van der Waals surface area contributed by atoms with E-state index in [1.807, 2.05) is 48.5 Å². The first-order valence-corrected chi connectivity index (χ1v) is 11.9. The molecule has 0 saturated carbocycles. The fourth-order valence-electron chi connectivity index (χ4n) is 4.91. The van der Waals surface area contributed by atoms with Gasteiger partial charge in [0.1, 0.15) is 5.82 Å². The van der Waals surface area contributed by atoms with Gasteiger partial charge in [-0.15, -0.1) is 0 Å². The fourth-order valence-corrected chi connectivity index (χ4v) is 5.12. The van der Waals surface area contributed by atoms with Gasteiger partial charge in [0.25, 0.3) is 0 Å². The van der Waals surface area contributed by atoms with Gasteiger partial charge in [0.15, 0.2) is 0 Å². The van der Waals surface area contributed by atoms with Crippen molar-refractivity contribution in [2.75, 3.05) is 0 Å². The van der Waals surface area contributed by atoms with E-state index in [9.17, 15) is 9.50 Å². The Labute approximate surface area is 198 Å². The van der Waals surface area contributed by atoms with Gasteiger partial charge in [0.2, 0.25) is 0 Å². The minimum absolute atomic E-state index is 0.239. The molecule has 1 aliphatic rings. The molecule has 4 aromatic rings. The van der Waals surface area contributed by atoms with Crippen molar-refractivity contribution in [1.29, 1.82) is 0 Å². The molecule has 2 atom stereocenters. The number of hydrogen-bond donors (Lipinski definition) is 3. The van der Waals surface area contributed by atoms with Crippen LogP contribution in [0.1, 0.15) is 47.8 Å². The van der Waals surface area contributed by atoms with Crippen LogP contribution in [0.3, 0.4) is 0 Å². The molecule has 2 unspecified atom stereocenters. The summed E-state index contributed by atoms with van der Waals surface area (Å²) in [6, 6.07) is 19.0. The van der Waals surface area contributed by atoms with Crippen LogP contribution in [0.2, 0.25) is 5.02 Å². The lowest BCUT2D eigenvalue weighted by molar-refractivity contribution is 0.161. The van der Waals surface area contributed by atoms with Crippen LogP contribution in [0.15, 0.2) is 60.7 Å². The second-order valence-corrected chi connectivity index (χ2v) is 9.48. The molecular formula is C28H28ClFN2O. The molecule has 170 valence electrons. The standard InChI is InChI=1S/C28H28ClFN2O/c1-17-5-7-19(8-6-17)26(33)4-2-3-21-15-25-23(16-31-21)27-22(13-14-24(29)28(27)32-25)18-9-11-20(30)12-10-18/h5-14,21,26,31-33H,2-4,15-16H2,1H3. The second-order valence-electron chi connectivity index (χ2n) is 9.07. The van der Waals surface area contributed by atoms with Crippen molar-refractivity contribution in [3.63, 3.8) is 0 Å². The van der Waals surface area contributed by atoms with Crippen LogP contribution in [0, 0.1) is 12.7 Å². The van der Waals surface area contributed by atoms with E-state index in [1.54, 1.807) is 0 Å². The van der Waals surface area contributed by atoms with Crippen molar-refractivity contribution in [2.45, 2.75) is 51.3 Å². The smallest absolute Gasteiger partial charge is 0.123 e. The summed E-state index contributed by atoms with van der Waals surface area (Å²) in [5.41, 5.74) is 7.63. The van der Waals surface area contributed by atoms with E-state index >= 15 is 0 Å². The zero-order valence-corrected chi connectivity index (χ0v) is 19.4. The van der Waals surface area contributed by atoms with E-state index in [4.69, 9.17) is 11.6 Å². The van der Waals surface area contributed by atoms with Gasteiger partial charge < -0.3 is 15.4 Å². The summed E-state index contributed by atoms with van der Waals surface area (Å²) in [4.78, 5) is 3.57. The molecule has 33 heavy (non-hydrogen) atoms. The summed E-state index contributed by atoms with van der Waals surface area (Å²) in [5.74, 6) is -0.239. The number of aliphatic hydroxyl groups excluding tert-OH is 1. The molecule has 5 heteroatoms. The van der Waals surface area contributed by atoms with Gasteiger partial charge in [-0.25, -0.2) is 4.39 Å². The third kappa shape index (κ3) is 4.56. The maximum Gasteiger partial charge on any atom is 0.123 e. The molecule has 3 N–H and O–H groups in total. The van der Waals surface area contributed by atoms with Crippen molar-refractivity contribution >= 4 is 22.5 Å². The van der Waals surface area contributed by atoms with E-state index in [1.165, 1.54) is 29.0 Å². The van der Waals surface area contributed by atoms with E-state index < -0.39 is 6.10 Å². The molecule has 0 aliphatic carbocycles. The topological polar surface area (TPSA) is 48.0 Å². The number of aliphatic hydroxyl groups is 1. The Morgan fingerprint density at radius 2 is 1.82 bits per heavy atom. The molecule has 2 heterocycles. The molecule has 0 radical (unpaired) electrons. The molecule has 5 rings (SSSR count). The number of aromatic amines is 1. The van der Waals surface area contributed by atoms with Gasteiger partial charge in [-0.1, -0.05) is 59.6 Å².